The van der Waals surface area contributed by atoms with Crippen molar-refractivity contribution in [2.75, 3.05) is 0 Å². The van der Waals surface area contributed by atoms with Crippen molar-refractivity contribution in [2.24, 2.45) is 0 Å². The van der Waals surface area contributed by atoms with Gasteiger partial charge in [0.15, 0.2) is 4.64 Å². The molecule has 0 fully saturated rings. The lowest BCUT2D eigenvalue weighted by molar-refractivity contribution is 0.700. The van der Waals surface area contributed by atoms with Gasteiger partial charge in [-0.25, -0.2) is 9.19 Å². The summed E-state index contributed by atoms with van der Waals surface area (Å²) in [6.45, 7) is 0. The molecule has 3 heteroatoms. The van der Waals surface area contributed by atoms with Gasteiger partial charge in [-0.15, -0.1) is 0 Å². The van der Waals surface area contributed by atoms with Crippen LogP contribution in [0, 0.1) is 4.64 Å². The van der Waals surface area contributed by atoms with Crippen LogP contribution in [0.25, 0.3) is 0 Å². The first kappa shape index (κ1) is 2.78. The summed E-state index contributed by atoms with van der Waals surface area (Å²) in [5, 5.41) is 0. The highest BCUT2D eigenvalue weighted by Gasteiger charge is 1.79. The molecule has 0 N–H and O–H groups in total. The summed E-state index contributed by atoms with van der Waals surface area (Å²) in [6, 6.07) is 0. The van der Waals surface area contributed by atoms with E-state index in [1.807, 2.05) is 0 Å². The average molecular weight is 87.1 g/mol. The van der Waals surface area contributed by atoms with Crippen LogP contribution in [0.4, 0.5) is 0 Å². The van der Waals surface area contributed by atoms with Gasteiger partial charge < -0.3 is 0 Å². The molecule has 1 aromatic heterocycles. The van der Waals surface area contributed by atoms with Crippen molar-refractivity contribution >= 4 is 11.3 Å². The lowest BCUT2D eigenvalue weighted by atomic mass is 11.2. The molecule has 0 aliphatic rings. The second kappa shape index (κ2) is 0.755. The Kier molecular flexibility index (Phi) is 0.420. The van der Waals surface area contributed by atoms with Crippen LogP contribution in [-0.2, 0) is 11.3 Å². The number of rotatable bonds is 0. The van der Waals surface area contributed by atoms with Gasteiger partial charge in [0.1, 0.15) is 11.3 Å². The normalized spacial score (nSPS) is 8.80. The molecule has 0 spiro atoms. The molecule has 5 heavy (non-hydrogen) atoms. The molecule has 0 aliphatic carbocycles. The van der Waals surface area contributed by atoms with Crippen LogP contribution in [-0.4, -0.2) is 9.19 Å². The fraction of sp³-hybridized carbons (Fsp3) is 0. The first-order chi connectivity index (χ1) is 2.43. The fourth-order valence-corrected chi connectivity index (χ4v) is 0.208. The summed E-state index contributed by atoms with van der Waals surface area (Å²) in [6.07, 6.45) is 1.54. The molecule has 1 rings (SSSR count). The largest absolute Gasteiger partial charge is 0.238 e. The van der Waals surface area contributed by atoms with Crippen molar-refractivity contribution in [3.8, 4) is 0 Å². The van der Waals surface area contributed by atoms with Crippen molar-refractivity contribution in [3.63, 3.8) is 0 Å². The second-order valence-corrected chi connectivity index (χ2v) is 1.26. The topological polar surface area (TPSA) is 30.0 Å². The maximum absolute atomic E-state index is 9.45. The molecular weight excluding hydrogens is 86.1 g/mol. The Morgan fingerprint density at radius 3 is 2.60 bits per heavy atom. The Balaban J connectivity index is 3.49. The number of aromatic nitrogens is 1. The predicted octanol–water partition coefficient (Wildman–Crippen LogP) is -0.298. The third-order valence-electron chi connectivity index (χ3n) is 0.320. The van der Waals surface area contributed by atoms with Crippen molar-refractivity contribution in [1.82, 2.24) is 4.98 Å². The zero-order valence-corrected chi connectivity index (χ0v) is 3.16. The van der Waals surface area contributed by atoms with E-state index in [9.17, 15) is 4.21 Å². The summed E-state index contributed by atoms with van der Waals surface area (Å²) >= 11 is 0.435. The van der Waals surface area contributed by atoms with Crippen molar-refractivity contribution < 1.29 is 4.21 Å². The Hall–Kier alpha value is -0.440. The Labute approximate surface area is 32.2 Å². The maximum atomic E-state index is 9.45. The zero-order valence-electron chi connectivity index (χ0n) is 2.34. The van der Waals surface area contributed by atoms with Crippen LogP contribution in [0.3, 0.4) is 0 Å². The maximum Gasteiger partial charge on any atom is 0.174 e. The zero-order chi connectivity index (χ0) is 3.70. The predicted molar refractivity (Wildman–Crippen MR) is 18.0 cm³/mol. The minimum Gasteiger partial charge on any atom is -0.238 e. The van der Waals surface area contributed by atoms with Crippen molar-refractivity contribution in [3.05, 3.63) is 10.8 Å². The Morgan fingerprint density at radius 2 is 2.60 bits per heavy atom. The highest BCUT2D eigenvalue weighted by molar-refractivity contribution is 7.56. The van der Waals surface area contributed by atoms with Gasteiger partial charge in [0.25, 0.3) is 0 Å². The van der Waals surface area contributed by atoms with Crippen LogP contribution < -0.4 is 0 Å². The van der Waals surface area contributed by atoms with Crippen LogP contribution in [0.15, 0.2) is 6.20 Å². The minimum absolute atomic E-state index is 0.435. The molecule has 1 aromatic rings. The molecule has 26 valence electrons. The van der Waals surface area contributed by atoms with E-state index in [0.717, 1.165) is 0 Å². The van der Waals surface area contributed by atoms with Gasteiger partial charge in [-0.2, -0.15) is 0 Å². The summed E-state index contributed by atoms with van der Waals surface area (Å²) in [5.41, 5.74) is 0. The van der Waals surface area contributed by atoms with Gasteiger partial charge in [0.2, 0.25) is 0 Å². The van der Waals surface area contributed by atoms with Gasteiger partial charge in [-0.3, -0.25) is 0 Å². The smallest absolute Gasteiger partial charge is 0.174 e. The number of hydrogen-bond acceptors (Lipinski definition) is 2. The van der Waals surface area contributed by atoms with Crippen LogP contribution in [0.2, 0.25) is 0 Å². The van der Waals surface area contributed by atoms with Gasteiger partial charge in [0.05, 0.1) is 6.20 Å². The van der Waals surface area contributed by atoms with E-state index < -0.39 is 0 Å². The van der Waals surface area contributed by atoms with Crippen molar-refractivity contribution in [1.29, 1.82) is 0 Å². The third kappa shape index (κ3) is 0.417. The standard InChI is InChI=1S/C2HNOS/c4-5-2-1-3-2/h1H. The molecule has 0 atom stereocenters. The first-order valence-electron chi connectivity index (χ1n) is 1.14. The van der Waals surface area contributed by atoms with E-state index in [2.05, 4.69) is 4.98 Å². The lowest BCUT2D eigenvalue weighted by Gasteiger charge is -1.18. The van der Waals surface area contributed by atoms with Gasteiger partial charge >= 0.3 is 0 Å². The van der Waals surface area contributed by atoms with E-state index in [4.69, 9.17) is 0 Å². The van der Waals surface area contributed by atoms with Gasteiger partial charge in [-0.05, 0) is 0 Å². The molecule has 0 aromatic carbocycles. The molecule has 2 nitrogen and oxygen atoms in total. The van der Waals surface area contributed by atoms with Crippen LogP contribution in [0.5, 0.6) is 0 Å². The summed E-state index contributed by atoms with van der Waals surface area (Å²) < 4.78 is 10.1. The molecule has 0 radical (unpaired) electrons. The molecule has 1 heterocycles. The lowest BCUT2D eigenvalue weighted by Crippen LogP contribution is -1.29. The molecule has 0 saturated carbocycles. The summed E-state index contributed by atoms with van der Waals surface area (Å²) in [7, 11) is 0. The average Bonchev–Trinajstić information content (AvgIpc) is 2.12. The van der Waals surface area contributed by atoms with Gasteiger partial charge in [-0.1, -0.05) is 0 Å². The molecular formula is C2HNOS. The van der Waals surface area contributed by atoms with E-state index in [1.54, 1.807) is 0 Å². The van der Waals surface area contributed by atoms with Gasteiger partial charge in [0, 0.05) is 0 Å². The van der Waals surface area contributed by atoms with E-state index >= 15 is 0 Å². The van der Waals surface area contributed by atoms with E-state index in [0.29, 0.717) is 15.9 Å². The van der Waals surface area contributed by atoms with Crippen LogP contribution in [0.1, 0.15) is 0 Å². The monoisotopic (exact) mass is 87.0 g/mol. The third-order valence-corrected chi connectivity index (χ3v) is 0.701. The van der Waals surface area contributed by atoms with E-state index in [-0.39, 0.29) is 0 Å². The summed E-state index contributed by atoms with van der Waals surface area (Å²) in [5.74, 6) is 0. The summed E-state index contributed by atoms with van der Waals surface area (Å²) in [4.78, 5) is 3.46. The second-order valence-electron chi connectivity index (χ2n) is 0.680. The minimum atomic E-state index is 0.435. The quantitative estimate of drug-likeness (QED) is 0.407. The number of nitrogens with zero attached hydrogens (tertiary/aromatic N) is 1. The molecule has 0 saturated heterocycles. The molecule has 0 bridgehead atoms. The Bertz CT molecular complexity index is 146. The highest BCUT2D eigenvalue weighted by Crippen LogP contribution is 1.75. The molecule has 0 amide bonds. The van der Waals surface area contributed by atoms with E-state index in [1.165, 1.54) is 6.20 Å². The number of hydrogen-bond donors (Lipinski definition) is 0. The molecule has 0 aliphatic heterocycles. The SMILES string of the molecule is O=S=c1cn1. The highest BCUT2D eigenvalue weighted by atomic mass is 32.1. The first-order valence-corrected chi connectivity index (χ1v) is 1.88. The Morgan fingerprint density at radius 1 is 2.00 bits per heavy atom. The molecule has 0 unspecified atom stereocenters. The van der Waals surface area contributed by atoms with Crippen molar-refractivity contribution in [2.45, 2.75) is 0 Å². The van der Waals surface area contributed by atoms with Crippen LogP contribution >= 0.6 is 0 Å². The fourth-order valence-electron chi connectivity index (χ4n) is 0.0694.